The van der Waals surface area contributed by atoms with E-state index in [-0.39, 0.29) is 11.5 Å². The van der Waals surface area contributed by atoms with Crippen molar-refractivity contribution in [2.45, 2.75) is 37.9 Å². The lowest BCUT2D eigenvalue weighted by Crippen LogP contribution is -2.29. The van der Waals surface area contributed by atoms with Crippen molar-refractivity contribution in [3.05, 3.63) is 48.5 Å². The van der Waals surface area contributed by atoms with Gasteiger partial charge in [-0.05, 0) is 74.2 Å². The molecule has 2 atom stereocenters. The highest BCUT2D eigenvalue weighted by molar-refractivity contribution is 7.91. The van der Waals surface area contributed by atoms with Gasteiger partial charge in [-0.2, -0.15) is 0 Å². The minimum atomic E-state index is -3.58. The second-order valence-electron chi connectivity index (χ2n) is 7.50. The third-order valence-corrected chi connectivity index (χ3v) is 6.34. The highest BCUT2D eigenvalue weighted by Gasteiger charge is 2.21. The van der Waals surface area contributed by atoms with Crippen molar-refractivity contribution in [1.82, 2.24) is 0 Å². The molecule has 0 aliphatic heterocycles. The molecule has 0 radical (unpaired) electrons. The number of rotatable bonds is 14. The number of hydrogen-bond donors (Lipinski definition) is 4. The van der Waals surface area contributed by atoms with Crippen LogP contribution >= 0.6 is 0 Å². The highest BCUT2D eigenvalue weighted by atomic mass is 32.2. The van der Waals surface area contributed by atoms with Gasteiger partial charge in [0.25, 0.3) is 0 Å². The molecular weight excluding hydrogens is 420 g/mol. The molecule has 9 heteroatoms. The lowest BCUT2D eigenvalue weighted by Gasteiger charge is -2.15. The maximum Gasteiger partial charge on any atom is 0.155 e. The van der Waals surface area contributed by atoms with Crippen LogP contribution in [-0.4, -0.2) is 55.6 Å². The van der Waals surface area contributed by atoms with Crippen LogP contribution in [0.2, 0.25) is 0 Å². The number of hydrogen-bond acceptors (Lipinski definition) is 8. The average molecular weight is 453 g/mol. The molecule has 0 saturated carbocycles. The Balaban J connectivity index is 1.59. The summed E-state index contributed by atoms with van der Waals surface area (Å²) in [6.07, 6.45) is -0.403. The van der Waals surface area contributed by atoms with Crippen molar-refractivity contribution in [3.63, 3.8) is 0 Å². The van der Waals surface area contributed by atoms with Gasteiger partial charge < -0.3 is 31.2 Å². The molecule has 2 unspecified atom stereocenters. The van der Waals surface area contributed by atoms with E-state index in [4.69, 9.17) is 20.9 Å². The fourth-order valence-electron chi connectivity index (χ4n) is 2.97. The van der Waals surface area contributed by atoms with Crippen LogP contribution in [0.15, 0.2) is 48.5 Å². The van der Waals surface area contributed by atoms with E-state index in [1.54, 1.807) is 48.5 Å². The molecule has 0 spiro atoms. The van der Waals surface area contributed by atoms with E-state index in [0.29, 0.717) is 61.8 Å². The highest BCUT2D eigenvalue weighted by Crippen LogP contribution is 2.15. The number of aliphatic hydroxyl groups excluding tert-OH is 2. The Labute approximate surface area is 183 Å². The second kappa shape index (κ2) is 12.4. The number of ether oxygens (including phenoxy) is 2. The second-order valence-corrected chi connectivity index (χ2v) is 9.66. The summed E-state index contributed by atoms with van der Waals surface area (Å²) in [4.78, 5) is 0. The first kappa shape index (κ1) is 24.8. The van der Waals surface area contributed by atoms with Crippen LogP contribution in [0, 0.1) is 0 Å². The van der Waals surface area contributed by atoms with Crippen molar-refractivity contribution in [2.24, 2.45) is 0 Å². The summed E-state index contributed by atoms with van der Waals surface area (Å²) < 4.78 is 35.5. The monoisotopic (exact) mass is 452 g/mol. The van der Waals surface area contributed by atoms with Gasteiger partial charge in [0.15, 0.2) is 9.84 Å². The van der Waals surface area contributed by atoms with Crippen molar-refractivity contribution in [3.8, 4) is 11.5 Å². The van der Waals surface area contributed by atoms with E-state index >= 15 is 0 Å². The topological polar surface area (TPSA) is 145 Å². The Morgan fingerprint density at radius 1 is 0.710 bits per heavy atom. The largest absolute Gasteiger partial charge is 0.494 e. The van der Waals surface area contributed by atoms with Gasteiger partial charge in [-0.3, -0.25) is 0 Å². The molecule has 31 heavy (non-hydrogen) atoms. The Kier molecular flexibility index (Phi) is 9.90. The quantitative estimate of drug-likeness (QED) is 0.252. The van der Waals surface area contributed by atoms with Crippen molar-refractivity contribution >= 4 is 21.2 Å². The van der Waals surface area contributed by atoms with Crippen molar-refractivity contribution in [2.75, 3.05) is 36.2 Å². The maximum absolute atomic E-state index is 12.2. The third-order valence-electron chi connectivity index (χ3n) is 4.55. The summed E-state index contributed by atoms with van der Waals surface area (Å²) in [5, 5.41) is 20.1. The summed E-state index contributed by atoms with van der Waals surface area (Å²) in [6, 6.07) is 13.9. The molecule has 8 nitrogen and oxygen atoms in total. The first-order valence-electron chi connectivity index (χ1n) is 10.3. The zero-order chi connectivity index (χ0) is 22.7. The smallest absolute Gasteiger partial charge is 0.155 e. The summed E-state index contributed by atoms with van der Waals surface area (Å²) >= 11 is 0. The van der Waals surface area contributed by atoms with Gasteiger partial charge in [0.05, 0.1) is 36.9 Å². The lowest BCUT2D eigenvalue weighted by atomic mass is 10.2. The number of aliphatic hydroxyl groups is 2. The SMILES string of the molecule is Nc1ccc(OCCCC(O)CS(=O)(=O)CC(O)CCCOc2ccc(N)cc2)cc1. The number of anilines is 2. The van der Waals surface area contributed by atoms with Crippen molar-refractivity contribution in [1.29, 1.82) is 0 Å². The van der Waals surface area contributed by atoms with E-state index in [1.807, 2.05) is 0 Å². The van der Waals surface area contributed by atoms with Gasteiger partial charge in [-0.15, -0.1) is 0 Å². The summed E-state index contributed by atoms with van der Waals surface area (Å²) in [6.45, 7) is 0.718. The molecule has 0 aliphatic carbocycles. The fourth-order valence-corrected chi connectivity index (χ4v) is 4.61. The average Bonchev–Trinajstić information content (AvgIpc) is 2.70. The molecule has 0 fully saturated rings. The molecule has 0 amide bonds. The minimum absolute atomic E-state index is 0.291. The van der Waals surface area contributed by atoms with Gasteiger partial charge in [0.2, 0.25) is 0 Å². The Hall–Kier alpha value is -2.49. The summed E-state index contributed by atoms with van der Waals surface area (Å²) in [5.74, 6) is 0.571. The molecule has 0 saturated heterocycles. The first-order valence-corrected chi connectivity index (χ1v) is 12.1. The van der Waals surface area contributed by atoms with Crippen molar-refractivity contribution < 1.29 is 28.1 Å². The number of sulfone groups is 1. The van der Waals surface area contributed by atoms with Crippen LogP contribution in [0.3, 0.4) is 0 Å². The maximum atomic E-state index is 12.2. The fraction of sp³-hybridized carbons (Fsp3) is 0.455. The van der Waals surface area contributed by atoms with Gasteiger partial charge in [0.1, 0.15) is 11.5 Å². The van der Waals surface area contributed by atoms with Gasteiger partial charge >= 0.3 is 0 Å². The number of nitrogens with two attached hydrogens (primary N) is 2. The molecular formula is C22H32N2O6S. The minimum Gasteiger partial charge on any atom is -0.494 e. The Bertz CT molecular complexity index is 804. The number of benzene rings is 2. The lowest BCUT2D eigenvalue weighted by molar-refractivity contribution is 0.166. The normalized spacial score (nSPS) is 13.5. The van der Waals surface area contributed by atoms with E-state index < -0.39 is 22.0 Å². The van der Waals surface area contributed by atoms with E-state index in [0.717, 1.165) is 0 Å². The molecule has 6 N–H and O–H groups in total. The molecule has 0 bridgehead atoms. The zero-order valence-corrected chi connectivity index (χ0v) is 18.3. The van der Waals surface area contributed by atoms with Gasteiger partial charge in [-0.1, -0.05) is 0 Å². The first-order chi connectivity index (χ1) is 14.7. The van der Waals surface area contributed by atoms with Crippen LogP contribution in [0.5, 0.6) is 11.5 Å². The van der Waals surface area contributed by atoms with Crippen LogP contribution in [0.1, 0.15) is 25.7 Å². The Morgan fingerprint density at radius 3 is 1.42 bits per heavy atom. The van der Waals surface area contributed by atoms with Crippen LogP contribution in [0.25, 0.3) is 0 Å². The molecule has 2 rings (SSSR count). The molecule has 2 aromatic carbocycles. The molecule has 2 aromatic rings. The number of nitrogen functional groups attached to an aromatic ring is 2. The van der Waals surface area contributed by atoms with E-state index in [1.165, 1.54) is 0 Å². The Morgan fingerprint density at radius 2 is 1.06 bits per heavy atom. The van der Waals surface area contributed by atoms with Gasteiger partial charge in [0, 0.05) is 11.4 Å². The molecule has 172 valence electrons. The van der Waals surface area contributed by atoms with Crippen LogP contribution < -0.4 is 20.9 Å². The predicted molar refractivity (Wildman–Crippen MR) is 122 cm³/mol. The van der Waals surface area contributed by atoms with Crippen LogP contribution in [0.4, 0.5) is 11.4 Å². The molecule has 0 aliphatic rings. The van der Waals surface area contributed by atoms with E-state index in [2.05, 4.69) is 0 Å². The van der Waals surface area contributed by atoms with E-state index in [9.17, 15) is 18.6 Å². The zero-order valence-electron chi connectivity index (χ0n) is 17.5. The van der Waals surface area contributed by atoms with Gasteiger partial charge in [-0.25, -0.2) is 8.42 Å². The molecule has 0 aromatic heterocycles. The predicted octanol–water partition coefficient (Wildman–Crippen LogP) is 2.01. The summed E-state index contributed by atoms with van der Waals surface area (Å²) in [5.41, 5.74) is 12.5. The third kappa shape index (κ3) is 10.4. The molecule has 0 heterocycles. The van der Waals surface area contributed by atoms with Crippen LogP contribution in [-0.2, 0) is 9.84 Å². The standard InChI is InChI=1S/C22H32N2O6S/c23-17-5-9-21(10-6-17)29-13-1-3-19(25)15-31(27,28)16-20(26)4-2-14-30-22-11-7-18(24)8-12-22/h5-12,19-20,25-26H,1-4,13-16,23-24H2. The summed E-state index contributed by atoms with van der Waals surface area (Å²) in [7, 11) is -3.58.